The third kappa shape index (κ3) is 6.25. The number of rotatable bonds is 8. The van der Waals surface area contributed by atoms with Crippen molar-refractivity contribution in [3.05, 3.63) is 54.4 Å². The molecule has 2 aromatic rings. The summed E-state index contributed by atoms with van der Waals surface area (Å²) in [5, 5.41) is 11.1. The van der Waals surface area contributed by atoms with Crippen molar-refractivity contribution in [1.29, 1.82) is 0 Å². The molecule has 136 valence electrons. The molecule has 1 heterocycles. The lowest BCUT2D eigenvalue weighted by molar-refractivity contribution is 0.442. The molecule has 25 heavy (non-hydrogen) atoms. The molecule has 0 saturated carbocycles. The van der Waals surface area contributed by atoms with E-state index < -0.39 is 0 Å². The normalized spacial score (nSPS) is 13.5. The standard InChI is InChI=1S/C20H31N5/c1-5-21-19(22-14-17(2)15-25-13-9-12-24-25)23-16-20(3,4)18-10-7-6-8-11-18/h6-13,17H,5,14-16H2,1-4H3,(H2,21,22,23). The Morgan fingerprint density at radius 2 is 1.96 bits per heavy atom. The maximum Gasteiger partial charge on any atom is 0.191 e. The lowest BCUT2D eigenvalue weighted by Gasteiger charge is -2.24. The molecule has 0 spiro atoms. The van der Waals surface area contributed by atoms with E-state index in [0.717, 1.165) is 32.1 Å². The molecule has 1 unspecified atom stereocenters. The van der Waals surface area contributed by atoms with Crippen molar-refractivity contribution in [3.63, 3.8) is 0 Å². The molecule has 1 aromatic heterocycles. The van der Waals surface area contributed by atoms with E-state index in [4.69, 9.17) is 4.99 Å². The number of nitrogens with one attached hydrogen (secondary N) is 2. The minimum atomic E-state index is 0.00425. The minimum Gasteiger partial charge on any atom is -0.357 e. The predicted molar refractivity (Wildman–Crippen MR) is 105 cm³/mol. The summed E-state index contributed by atoms with van der Waals surface area (Å²) in [6.45, 7) is 12.1. The van der Waals surface area contributed by atoms with Crippen LogP contribution in [0.1, 0.15) is 33.3 Å². The van der Waals surface area contributed by atoms with Crippen LogP contribution in [0.2, 0.25) is 0 Å². The Kier molecular flexibility index (Phi) is 7.04. The molecule has 0 aliphatic heterocycles. The molecule has 5 nitrogen and oxygen atoms in total. The highest BCUT2D eigenvalue weighted by molar-refractivity contribution is 5.79. The zero-order valence-corrected chi connectivity index (χ0v) is 15.9. The maximum atomic E-state index is 4.80. The lowest BCUT2D eigenvalue weighted by atomic mass is 9.85. The second kappa shape index (κ2) is 9.25. The average Bonchev–Trinajstić information content (AvgIpc) is 3.11. The Bertz CT molecular complexity index is 631. The Balaban J connectivity index is 1.91. The molecule has 0 fully saturated rings. The molecular weight excluding hydrogens is 310 g/mol. The van der Waals surface area contributed by atoms with Gasteiger partial charge in [0.25, 0.3) is 0 Å². The van der Waals surface area contributed by atoms with E-state index in [1.165, 1.54) is 5.56 Å². The third-order valence-electron chi connectivity index (χ3n) is 4.21. The van der Waals surface area contributed by atoms with Gasteiger partial charge in [0.05, 0.1) is 6.54 Å². The van der Waals surface area contributed by atoms with Gasteiger partial charge in [-0.1, -0.05) is 51.1 Å². The summed E-state index contributed by atoms with van der Waals surface area (Å²) in [6, 6.07) is 12.5. The molecule has 2 rings (SSSR count). The first-order valence-electron chi connectivity index (χ1n) is 9.06. The fourth-order valence-electron chi connectivity index (χ4n) is 2.66. The second-order valence-electron chi connectivity index (χ2n) is 7.16. The first-order chi connectivity index (χ1) is 12.0. The maximum absolute atomic E-state index is 4.80. The SMILES string of the molecule is CCNC(=NCC(C)(C)c1ccccc1)NCC(C)Cn1cccn1. The highest BCUT2D eigenvalue weighted by atomic mass is 15.3. The van der Waals surface area contributed by atoms with Crippen molar-refractivity contribution in [1.82, 2.24) is 20.4 Å². The van der Waals surface area contributed by atoms with Crippen LogP contribution in [0.5, 0.6) is 0 Å². The van der Waals surface area contributed by atoms with Gasteiger partial charge in [0.1, 0.15) is 0 Å². The van der Waals surface area contributed by atoms with Crippen LogP contribution in [-0.4, -0.2) is 35.4 Å². The van der Waals surface area contributed by atoms with Crippen molar-refractivity contribution in [2.75, 3.05) is 19.6 Å². The van der Waals surface area contributed by atoms with Crippen molar-refractivity contribution >= 4 is 5.96 Å². The number of aliphatic imine (C=N–C) groups is 1. The Morgan fingerprint density at radius 1 is 1.20 bits per heavy atom. The van der Waals surface area contributed by atoms with Gasteiger partial charge in [-0.3, -0.25) is 9.67 Å². The molecular formula is C20H31N5. The molecule has 5 heteroatoms. The Labute approximate surface area is 151 Å². The van der Waals surface area contributed by atoms with E-state index >= 15 is 0 Å². The van der Waals surface area contributed by atoms with E-state index in [1.54, 1.807) is 0 Å². The summed E-state index contributed by atoms with van der Waals surface area (Å²) in [4.78, 5) is 4.80. The monoisotopic (exact) mass is 341 g/mol. The van der Waals surface area contributed by atoms with E-state index in [0.29, 0.717) is 5.92 Å². The van der Waals surface area contributed by atoms with E-state index in [-0.39, 0.29) is 5.41 Å². The van der Waals surface area contributed by atoms with Gasteiger partial charge in [-0.05, 0) is 24.5 Å². The smallest absolute Gasteiger partial charge is 0.191 e. The van der Waals surface area contributed by atoms with E-state index in [9.17, 15) is 0 Å². The third-order valence-corrected chi connectivity index (χ3v) is 4.21. The zero-order chi connectivity index (χ0) is 18.1. The van der Waals surface area contributed by atoms with Gasteiger partial charge in [-0.15, -0.1) is 0 Å². The highest BCUT2D eigenvalue weighted by Crippen LogP contribution is 2.22. The quantitative estimate of drug-likeness (QED) is 0.573. The predicted octanol–water partition coefficient (Wildman–Crippen LogP) is 3.05. The van der Waals surface area contributed by atoms with Crippen LogP contribution < -0.4 is 10.6 Å². The van der Waals surface area contributed by atoms with Gasteiger partial charge in [0.2, 0.25) is 0 Å². The summed E-state index contributed by atoms with van der Waals surface area (Å²) in [5.41, 5.74) is 1.31. The summed E-state index contributed by atoms with van der Waals surface area (Å²) in [6.07, 6.45) is 3.81. The lowest BCUT2D eigenvalue weighted by Crippen LogP contribution is -2.41. The van der Waals surface area contributed by atoms with Gasteiger partial charge in [0, 0.05) is 37.4 Å². The van der Waals surface area contributed by atoms with Gasteiger partial charge >= 0.3 is 0 Å². The fourth-order valence-corrected chi connectivity index (χ4v) is 2.66. The van der Waals surface area contributed by atoms with Gasteiger partial charge in [-0.2, -0.15) is 5.10 Å². The van der Waals surface area contributed by atoms with Crippen LogP contribution in [0.25, 0.3) is 0 Å². The largest absolute Gasteiger partial charge is 0.357 e. The summed E-state index contributed by atoms with van der Waals surface area (Å²) in [5.74, 6) is 1.34. The molecule has 1 aromatic carbocycles. The van der Waals surface area contributed by atoms with Crippen LogP contribution in [0.3, 0.4) is 0 Å². The van der Waals surface area contributed by atoms with Crippen LogP contribution in [0, 0.1) is 5.92 Å². The van der Waals surface area contributed by atoms with Crippen molar-refractivity contribution < 1.29 is 0 Å². The van der Waals surface area contributed by atoms with Gasteiger partial charge in [0.15, 0.2) is 5.96 Å². The molecule has 0 aliphatic rings. The molecule has 1 atom stereocenters. The molecule has 0 amide bonds. The highest BCUT2D eigenvalue weighted by Gasteiger charge is 2.20. The van der Waals surface area contributed by atoms with Crippen LogP contribution >= 0.6 is 0 Å². The molecule has 2 N–H and O–H groups in total. The van der Waals surface area contributed by atoms with E-state index in [1.807, 2.05) is 23.1 Å². The molecule has 0 saturated heterocycles. The second-order valence-corrected chi connectivity index (χ2v) is 7.16. The Morgan fingerprint density at radius 3 is 2.60 bits per heavy atom. The van der Waals surface area contributed by atoms with Crippen molar-refractivity contribution in [2.24, 2.45) is 10.9 Å². The Hall–Kier alpha value is -2.30. The fraction of sp³-hybridized carbons (Fsp3) is 0.500. The van der Waals surface area contributed by atoms with Crippen LogP contribution in [0.4, 0.5) is 0 Å². The van der Waals surface area contributed by atoms with Crippen LogP contribution in [-0.2, 0) is 12.0 Å². The average molecular weight is 342 g/mol. The number of guanidine groups is 1. The van der Waals surface area contributed by atoms with Gasteiger partial charge < -0.3 is 10.6 Å². The summed E-state index contributed by atoms with van der Waals surface area (Å²) >= 11 is 0. The molecule has 0 radical (unpaired) electrons. The summed E-state index contributed by atoms with van der Waals surface area (Å²) in [7, 11) is 0. The number of benzene rings is 1. The van der Waals surface area contributed by atoms with Crippen molar-refractivity contribution in [2.45, 2.75) is 39.7 Å². The zero-order valence-electron chi connectivity index (χ0n) is 15.9. The number of hydrogen-bond acceptors (Lipinski definition) is 2. The number of nitrogens with zero attached hydrogens (tertiary/aromatic N) is 3. The first kappa shape index (κ1) is 19.0. The van der Waals surface area contributed by atoms with E-state index in [2.05, 4.69) is 73.8 Å². The van der Waals surface area contributed by atoms with Crippen LogP contribution in [0.15, 0.2) is 53.8 Å². The molecule has 0 bridgehead atoms. The minimum absolute atomic E-state index is 0.00425. The summed E-state index contributed by atoms with van der Waals surface area (Å²) < 4.78 is 1.97. The van der Waals surface area contributed by atoms with Gasteiger partial charge in [-0.25, -0.2) is 0 Å². The first-order valence-corrected chi connectivity index (χ1v) is 9.06. The topological polar surface area (TPSA) is 54.2 Å². The number of aromatic nitrogens is 2. The van der Waals surface area contributed by atoms with Crippen molar-refractivity contribution in [3.8, 4) is 0 Å². The molecule has 0 aliphatic carbocycles. The number of hydrogen-bond donors (Lipinski definition) is 2.